The fourth-order valence-corrected chi connectivity index (χ4v) is 3.15. The Labute approximate surface area is 141 Å². The van der Waals surface area contributed by atoms with E-state index in [0.717, 1.165) is 51.0 Å². The molecule has 1 aliphatic heterocycles. The van der Waals surface area contributed by atoms with Gasteiger partial charge >= 0.3 is 0 Å². The fourth-order valence-electron chi connectivity index (χ4n) is 3.15. The Morgan fingerprint density at radius 3 is 2.75 bits per heavy atom. The van der Waals surface area contributed by atoms with Crippen LogP contribution in [0.4, 0.5) is 0 Å². The van der Waals surface area contributed by atoms with Crippen LogP contribution in [0.15, 0.2) is 34.9 Å². The molecule has 1 saturated heterocycles. The lowest BCUT2D eigenvalue weighted by molar-refractivity contribution is -0.132. The zero-order valence-corrected chi connectivity index (χ0v) is 13.7. The lowest BCUT2D eigenvalue weighted by atomic mass is 10.2. The molecule has 6 heteroatoms. The van der Waals surface area contributed by atoms with Crippen LogP contribution in [0.2, 0.25) is 0 Å². The van der Waals surface area contributed by atoms with Gasteiger partial charge in [0.1, 0.15) is 0 Å². The van der Waals surface area contributed by atoms with Crippen LogP contribution in [0.1, 0.15) is 25.1 Å². The highest BCUT2D eigenvalue weighted by molar-refractivity contribution is 5.81. The van der Waals surface area contributed by atoms with E-state index in [1.54, 1.807) is 0 Å². The van der Waals surface area contributed by atoms with E-state index in [2.05, 4.69) is 15.0 Å². The predicted octanol–water partition coefficient (Wildman–Crippen LogP) is 2.18. The number of aromatic nitrogens is 2. The largest absolute Gasteiger partial charge is 0.341 e. The first-order valence-corrected chi connectivity index (χ1v) is 8.69. The first kappa shape index (κ1) is 15.3. The standard InChI is InChI=1S/C18H22N4O2/c23-18(15-7-8-15)22-10-4-9-21(11-12-22)13-16-19-17(24-20-16)14-5-2-1-3-6-14/h1-3,5-6,15H,4,7-13H2. The number of carbonyl (C=O) groups is 1. The summed E-state index contributed by atoms with van der Waals surface area (Å²) in [6.07, 6.45) is 3.15. The molecule has 0 radical (unpaired) electrons. The number of benzene rings is 1. The second kappa shape index (κ2) is 6.73. The van der Waals surface area contributed by atoms with Crippen LogP contribution in [-0.4, -0.2) is 52.0 Å². The average molecular weight is 326 g/mol. The summed E-state index contributed by atoms with van der Waals surface area (Å²) in [5.74, 6) is 1.92. The minimum atomic E-state index is 0.308. The summed E-state index contributed by atoms with van der Waals surface area (Å²) in [5.41, 5.74) is 0.938. The van der Waals surface area contributed by atoms with Gasteiger partial charge in [0, 0.05) is 37.7 Å². The zero-order chi connectivity index (χ0) is 16.4. The number of rotatable bonds is 4. The van der Waals surface area contributed by atoms with Crippen LogP contribution in [0.3, 0.4) is 0 Å². The van der Waals surface area contributed by atoms with Crippen molar-refractivity contribution in [3.05, 3.63) is 36.2 Å². The first-order chi connectivity index (χ1) is 11.8. The Morgan fingerprint density at radius 2 is 1.96 bits per heavy atom. The molecule has 0 spiro atoms. The maximum atomic E-state index is 12.2. The summed E-state index contributed by atoms with van der Waals surface area (Å²) in [6.45, 7) is 4.17. The van der Waals surface area contributed by atoms with Crippen molar-refractivity contribution in [2.24, 2.45) is 5.92 Å². The van der Waals surface area contributed by atoms with E-state index in [4.69, 9.17) is 4.52 Å². The van der Waals surface area contributed by atoms with E-state index < -0.39 is 0 Å². The Morgan fingerprint density at radius 1 is 1.12 bits per heavy atom. The van der Waals surface area contributed by atoms with Gasteiger partial charge in [-0.25, -0.2) is 0 Å². The molecule has 6 nitrogen and oxygen atoms in total. The molecule has 1 amide bonds. The number of hydrogen-bond acceptors (Lipinski definition) is 5. The molecule has 2 aliphatic rings. The second-order valence-corrected chi connectivity index (χ2v) is 6.61. The van der Waals surface area contributed by atoms with Crippen molar-refractivity contribution in [1.82, 2.24) is 19.9 Å². The summed E-state index contributed by atoms with van der Waals surface area (Å²) >= 11 is 0. The Bertz CT molecular complexity index is 696. The molecule has 4 rings (SSSR count). The van der Waals surface area contributed by atoms with Crippen LogP contribution in [0.25, 0.3) is 11.5 Å². The predicted molar refractivity (Wildman–Crippen MR) is 88.9 cm³/mol. The van der Waals surface area contributed by atoms with Crippen LogP contribution < -0.4 is 0 Å². The molecule has 126 valence electrons. The number of carbonyl (C=O) groups excluding carboxylic acids is 1. The Kier molecular flexibility index (Phi) is 4.30. The van der Waals surface area contributed by atoms with Gasteiger partial charge in [-0.2, -0.15) is 4.98 Å². The van der Waals surface area contributed by atoms with E-state index in [9.17, 15) is 4.79 Å². The number of hydrogen-bond donors (Lipinski definition) is 0. The van der Waals surface area contributed by atoms with E-state index in [0.29, 0.717) is 30.1 Å². The lowest BCUT2D eigenvalue weighted by Crippen LogP contribution is -2.36. The van der Waals surface area contributed by atoms with Crippen molar-refractivity contribution in [2.45, 2.75) is 25.8 Å². The van der Waals surface area contributed by atoms with E-state index in [1.165, 1.54) is 0 Å². The summed E-state index contributed by atoms with van der Waals surface area (Å²) in [6, 6.07) is 9.81. The molecule has 2 heterocycles. The molecule has 0 atom stereocenters. The second-order valence-electron chi connectivity index (χ2n) is 6.61. The molecule has 0 bridgehead atoms. The smallest absolute Gasteiger partial charge is 0.257 e. The van der Waals surface area contributed by atoms with Crippen LogP contribution in [0, 0.1) is 5.92 Å². The van der Waals surface area contributed by atoms with Crippen LogP contribution in [-0.2, 0) is 11.3 Å². The van der Waals surface area contributed by atoms with Gasteiger partial charge in [0.25, 0.3) is 5.89 Å². The zero-order valence-electron chi connectivity index (χ0n) is 13.7. The maximum absolute atomic E-state index is 12.2. The lowest BCUT2D eigenvalue weighted by Gasteiger charge is -2.21. The maximum Gasteiger partial charge on any atom is 0.257 e. The van der Waals surface area contributed by atoms with Crippen molar-refractivity contribution < 1.29 is 9.32 Å². The summed E-state index contributed by atoms with van der Waals surface area (Å²) in [5, 5.41) is 4.10. The minimum absolute atomic E-state index is 0.308. The molecule has 1 aromatic carbocycles. The summed E-state index contributed by atoms with van der Waals surface area (Å²) < 4.78 is 5.37. The third-order valence-corrected chi connectivity index (χ3v) is 4.68. The number of nitrogens with zero attached hydrogens (tertiary/aromatic N) is 4. The van der Waals surface area contributed by atoms with Gasteiger partial charge in [0.2, 0.25) is 5.91 Å². The van der Waals surface area contributed by atoms with Gasteiger partial charge < -0.3 is 9.42 Å². The van der Waals surface area contributed by atoms with Crippen molar-refractivity contribution in [2.75, 3.05) is 26.2 Å². The molecule has 2 fully saturated rings. The highest BCUT2D eigenvalue weighted by Crippen LogP contribution is 2.31. The van der Waals surface area contributed by atoms with Gasteiger partial charge in [-0.1, -0.05) is 23.4 Å². The van der Waals surface area contributed by atoms with Crippen molar-refractivity contribution in [3.8, 4) is 11.5 Å². The van der Waals surface area contributed by atoms with Crippen molar-refractivity contribution in [3.63, 3.8) is 0 Å². The molecule has 0 N–H and O–H groups in total. The van der Waals surface area contributed by atoms with E-state index in [-0.39, 0.29) is 0 Å². The van der Waals surface area contributed by atoms with Crippen molar-refractivity contribution >= 4 is 5.91 Å². The molecule has 0 unspecified atom stereocenters. The van der Waals surface area contributed by atoms with Gasteiger partial charge in [0.05, 0.1) is 6.54 Å². The van der Waals surface area contributed by atoms with E-state index in [1.807, 2.05) is 35.2 Å². The Hall–Kier alpha value is -2.21. The monoisotopic (exact) mass is 326 g/mol. The van der Waals surface area contributed by atoms with Gasteiger partial charge in [-0.05, 0) is 31.4 Å². The van der Waals surface area contributed by atoms with Gasteiger partial charge in [-0.15, -0.1) is 0 Å². The first-order valence-electron chi connectivity index (χ1n) is 8.69. The molecule has 1 aliphatic carbocycles. The van der Waals surface area contributed by atoms with Crippen molar-refractivity contribution in [1.29, 1.82) is 0 Å². The Balaban J connectivity index is 1.35. The molecular weight excluding hydrogens is 304 g/mol. The number of amides is 1. The molecule has 1 aromatic heterocycles. The highest BCUT2D eigenvalue weighted by atomic mass is 16.5. The molecule has 2 aromatic rings. The fraction of sp³-hybridized carbons (Fsp3) is 0.500. The average Bonchev–Trinajstić information content (AvgIpc) is 3.40. The van der Waals surface area contributed by atoms with Gasteiger partial charge in [0.15, 0.2) is 5.82 Å². The molecular formula is C18H22N4O2. The molecule has 1 saturated carbocycles. The van der Waals surface area contributed by atoms with E-state index >= 15 is 0 Å². The highest BCUT2D eigenvalue weighted by Gasteiger charge is 2.33. The van der Waals surface area contributed by atoms with Crippen LogP contribution >= 0.6 is 0 Å². The van der Waals surface area contributed by atoms with Crippen LogP contribution in [0.5, 0.6) is 0 Å². The minimum Gasteiger partial charge on any atom is -0.341 e. The summed E-state index contributed by atoms with van der Waals surface area (Å²) in [7, 11) is 0. The topological polar surface area (TPSA) is 62.5 Å². The molecule has 24 heavy (non-hydrogen) atoms. The summed E-state index contributed by atoms with van der Waals surface area (Å²) in [4.78, 5) is 21.0. The van der Waals surface area contributed by atoms with Gasteiger partial charge in [-0.3, -0.25) is 9.69 Å². The normalized spacial score (nSPS) is 19.2. The third-order valence-electron chi connectivity index (χ3n) is 4.68. The third kappa shape index (κ3) is 3.48. The quantitative estimate of drug-likeness (QED) is 0.862. The SMILES string of the molecule is O=C(C1CC1)N1CCCN(Cc2noc(-c3ccccc3)n2)CC1.